The fourth-order valence-electron chi connectivity index (χ4n) is 3.40. The highest BCUT2D eigenvalue weighted by Crippen LogP contribution is 2.22. The van der Waals surface area contributed by atoms with E-state index < -0.39 is 0 Å². The molecule has 0 aliphatic heterocycles. The zero-order chi connectivity index (χ0) is 24.1. The number of aromatic nitrogens is 2. The highest BCUT2D eigenvalue weighted by Gasteiger charge is 2.11. The van der Waals surface area contributed by atoms with Crippen LogP contribution in [0.3, 0.4) is 0 Å². The van der Waals surface area contributed by atoms with Crippen LogP contribution in [0, 0.1) is 0 Å². The van der Waals surface area contributed by atoms with Gasteiger partial charge in [0.1, 0.15) is 17.3 Å². The molecule has 0 atom stereocenters. The molecule has 0 N–H and O–H groups in total. The zero-order valence-electron chi connectivity index (χ0n) is 19.0. The topological polar surface area (TPSA) is 86.7 Å². The number of aryl methyl sites for hydroxylation is 1. The minimum absolute atomic E-state index is 0.243. The average molecular weight is 522 g/mol. The molecule has 2 heterocycles. The van der Waals surface area contributed by atoms with Crippen molar-refractivity contribution < 1.29 is 13.9 Å². The molecular weight excluding hydrogens is 498 g/mol. The smallest absolute Gasteiger partial charge is 0.338 e. The number of unbranched alkanes of at least 4 members (excludes halogenated alkanes) is 1. The molecule has 2 aromatic carbocycles. The molecule has 0 radical (unpaired) electrons. The third kappa shape index (κ3) is 5.17. The normalized spacial score (nSPS) is 11.4. The van der Waals surface area contributed by atoms with Gasteiger partial charge in [-0.1, -0.05) is 48.3 Å². The van der Waals surface area contributed by atoms with Gasteiger partial charge in [0.15, 0.2) is 0 Å². The molecule has 8 heteroatoms. The second kappa shape index (κ2) is 10.6. The summed E-state index contributed by atoms with van der Waals surface area (Å²) in [5, 5.41) is 4.84. The van der Waals surface area contributed by atoms with Crippen LogP contribution >= 0.6 is 15.9 Å². The summed E-state index contributed by atoms with van der Waals surface area (Å²) < 4.78 is 13.2. The van der Waals surface area contributed by atoms with Gasteiger partial charge in [0, 0.05) is 16.5 Å². The summed E-state index contributed by atoms with van der Waals surface area (Å²) >= 11 is 3.40. The van der Waals surface area contributed by atoms with Crippen molar-refractivity contribution in [3.63, 3.8) is 0 Å². The number of esters is 1. The molecule has 0 unspecified atom stereocenters. The van der Waals surface area contributed by atoms with Gasteiger partial charge >= 0.3 is 5.97 Å². The monoisotopic (exact) mass is 521 g/mol. The van der Waals surface area contributed by atoms with Crippen LogP contribution in [0.5, 0.6) is 0 Å². The third-order valence-corrected chi connectivity index (χ3v) is 5.75. The first kappa shape index (κ1) is 23.6. The summed E-state index contributed by atoms with van der Waals surface area (Å²) in [4.78, 5) is 29.6. The van der Waals surface area contributed by atoms with Crippen LogP contribution in [-0.2, 0) is 11.2 Å². The predicted molar refractivity (Wildman–Crippen MR) is 135 cm³/mol. The summed E-state index contributed by atoms with van der Waals surface area (Å²) in [5.41, 5.74) is 1.70. The Balaban J connectivity index is 1.55. The molecule has 0 saturated carbocycles. The Morgan fingerprint density at radius 3 is 2.68 bits per heavy atom. The molecule has 0 aliphatic rings. The van der Waals surface area contributed by atoms with Crippen LogP contribution in [0.1, 0.15) is 48.6 Å². The zero-order valence-corrected chi connectivity index (χ0v) is 20.5. The van der Waals surface area contributed by atoms with Gasteiger partial charge in [-0.2, -0.15) is 9.78 Å². The van der Waals surface area contributed by atoms with Crippen LogP contribution in [0.4, 0.5) is 0 Å². The second-order valence-electron chi connectivity index (χ2n) is 7.67. The average Bonchev–Trinajstić information content (AvgIpc) is 3.33. The number of fused-ring (bicyclic) bond motifs is 1. The number of ether oxygens (including phenoxy) is 1. The molecule has 4 rings (SSSR count). The predicted octanol–water partition coefficient (Wildman–Crippen LogP) is 5.82. The molecule has 0 aliphatic carbocycles. The number of nitrogens with zero attached hydrogens (tertiary/aromatic N) is 3. The van der Waals surface area contributed by atoms with Crippen molar-refractivity contribution in [1.82, 2.24) is 9.66 Å². The lowest BCUT2D eigenvalue weighted by Crippen LogP contribution is -2.22. The number of hydrogen-bond acceptors (Lipinski definition) is 6. The molecular formula is C26H24BrN3O4. The molecule has 0 amide bonds. The van der Waals surface area contributed by atoms with E-state index in [1.807, 2.05) is 32.0 Å². The van der Waals surface area contributed by atoms with Crippen molar-refractivity contribution >= 4 is 39.0 Å². The number of benzene rings is 2. The van der Waals surface area contributed by atoms with E-state index in [1.54, 1.807) is 36.4 Å². The fraction of sp³-hybridized carbons (Fsp3) is 0.231. The molecule has 2 aromatic heterocycles. The van der Waals surface area contributed by atoms with E-state index in [4.69, 9.17) is 9.15 Å². The summed E-state index contributed by atoms with van der Waals surface area (Å²) in [6.07, 6.45) is 3.86. The van der Waals surface area contributed by atoms with Gasteiger partial charge in [0.05, 0.1) is 29.3 Å². The lowest BCUT2D eigenvalue weighted by molar-refractivity contribution is 0.0499. The van der Waals surface area contributed by atoms with Crippen LogP contribution in [0.2, 0.25) is 0 Å². The van der Waals surface area contributed by atoms with Crippen LogP contribution in [-0.4, -0.2) is 28.5 Å². The fourth-order valence-corrected chi connectivity index (χ4v) is 3.76. The molecule has 7 nitrogen and oxygen atoms in total. The van der Waals surface area contributed by atoms with E-state index in [1.165, 1.54) is 10.9 Å². The second-order valence-corrected chi connectivity index (χ2v) is 8.59. The number of halogens is 1. The highest BCUT2D eigenvalue weighted by atomic mass is 79.9. The lowest BCUT2D eigenvalue weighted by atomic mass is 10.1. The van der Waals surface area contributed by atoms with Gasteiger partial charge in [0.2, 0.25) is 0 Å². The van der Waals surface area contributed by atoms with Crippen molar-refractivity contribution in [3.8, 4) is 11.3 Å². The lowest BCUT2D eigenvalue weighted by Gasteiger charge is -2.07. The molecule has 174 valence electrons. The Morgan fingerprint density at radius 2 is 1.94 bits per heavy atom. The van der Waals surface area contributed by atoms with Crippen molar-refractivity contribution in [1.29, 1.82) is 0 Å². The summed E-state index contributed by atoms with van der Waals surface area (Å²) in [7, 11) is 0. The first-order valence-electron chi connectivity index (χ1n) is 11.1. The van der Waals surface area contributed by atoms with E-state index in [-0.39, 0.29) is 11.5 Å². The summed E-state index contributed by atoms with van der Waals surface area (Å²) in [6, 6.07) is 16.0. The Labute approximate surface area is 205 Å². The maximum absolute atomic E-state index is 13.0. The summed E-state index contributed by atoms with van der Waals surface area (Å²) in [5.74, 6) is 1.34. The van der Waals surface area contributed by atoms with E-state index in [2.05, 4.69) is 26.0 Å². The van der Waals surface area contributed by atoms with Crippen molar-refractivity contribution in [2.75, 3.05) is 6.61 Å². The largest absolute Gasteiger partial charge is 0.462 e. The maximum atomic E-state index is 13.0. The number of furan rings is 1. The molecule has 0 spiro atoms. The van der Waals surface area contributed by atoms with Gasteiger partial charge < -0.3 is 9.15 Å². The highest BCUT2D eigenvalue weighted by molar-refractivity contribution is 9.10. The van der Waals surface area contributed by atoms with Gasteiger partial charge in [0.25, 0.3) is 5.56 Å². The number of carbonyl (C=O) groups excluding carboxylic acids is 1. The quantitative estimate of drug-likeness (QED) is 0.165. The molecule has 34 heavy (non-hydrogen) atoms. The van der Waals surface area contributed by atoms with Crippen molar-refractivity contribution in [2.45, 2.75) is 33.1 Å². The van der Waals surface area contributed by atoms with E-state index in [9.17, 15) is 9.59 Å². The minimum Gasteiger partial charge on any atom is -0.462 e. The van der Waals surface area contributed by atoms with Crippen LogP contribution in [0.25, 0.3) is 22.2 Å². The Kier molecular flexibility index (Phi) is 7.37. The van der Waals surface area contributed by atoms with Crippen LogP contribution in [0.15, 0.2) is 73.4 Å². The van der Waals surface area contributed by atoms with Crippen molar-refractivity contribution in [3.05, 3.63) is 86.6 Å². The van der Waals surface area contributed by atoms with Crippen molar-refractivity contribution in [2.24, 2.45) is 5.10 Å². The third-order valence-electron chi connectivity index (χ3n) is 5.25. The minimum atomic E-state index is -0.333. The Morgan fingerprint density at radius 1 is 1.15 bits per heavy atom. The van der Waals surface area contributed by atoms with Gasteiger partial charge in [-0.3, -0.25) is 4.79 Å². The Bertz CT molecular complexity index is 1400. The van der Waals surface area contributed by atoms with Gasteiger partial charge in [-0.05, 0) is 48.9 Å². The standard InChI is InChI=1S/C26H24BrN3O4/c1-3-5-14-33-26(32)18-8-6-17(7-9-18)23-13-11-20(34-23)16-28-30-24(4-2)29-22-12-10-19(27)15-21(22)25(30)31/h6-13,15-16H,3-5,14H2,1-2H3. The van der Waals surface area contributed by atoms with Crippen LogP contribution < -0.4 is 5.56 Å². The first-order chi connectivity index (χ1) is 16.5. The van der Waals surface area contributed by atoms with E-state index >= 15 is 0 Å². The number of rotatable bonds is 8. The van der Waals surface area contributed by atoms with Gasteiger partial charge in [-0.25, -0.2) is 9.78 Å². The molecule has 0 saturated heterocycles. The SMILES string of the molecule is CCCCOC(=O)c1ccc(-c2ccc(C=Nn3c(CC)nc4ccc(Br)cc4c3=O)o2)cc1. The van der Waals surface area contributed by atoms with E-state index in [0.29, 0.717) is 46.8 Å². The molecule has 0 fully saturated rings. The first-order valence-corrected chi connectivity index (χ1v) is 11.9. The molecule has 4 aromatic rings. The maximum Gasteiger partial charge on any atom is 0.338 e. The number of hydrogen-bond donors (Lipinski definition) is 0. The Hall–Kier alpha value is -3.52. The molecule has 0 bridgehead atoms. The van der Waals surface area contributed by atoms with E-state index in [0.717, 1.165) is 22.9 Å². The summed E-state index contributed by atoms with van der Waals surface area (Å²) in [6.45, 7) is 4.39. The number of carbonyl (C=O) groups is 1. The van der Waals surface area contributed by atoms with Gasteiger partial charge in [-0.15, -0.1) is 0 Å².